The number of likely N-dealkylation sites (tertiary alicyclic amines) is 1. The molecule has 1 aliphatic carbocycles. The molecule has 1 N–H and O–H groups in total. The molecule has 1 heterocycles. The first kappa shape index (κ1) is 33.1. The normalized spacial score (nSPS) is 18.1. The first-order valence-electron chi connectivity index (χ1n) is 15.6. The van der Waals surface area contributed by atoms with Crippen molar-refractivity contribution >= 4 is 17.4 Å². The van der Waals surface area contributed by atoms with Crippen molar-refractivity contribution in [1.82, 2.24) is 10.2 Å². The molecule has 0 atom stereocenters. The highest BCUT2D eigenvalue weighted by molar-refractivity contribution is 5.78. The molecule has 1 aromatic rings. The fourth-order valence-corrected chi connectivity index (χ4v) is 5.66. The van der Waals surface area contributed by atoms with Gasteiger partial charge in [0.15, 0.2) is 0 Å². The molecule has 2 fully saturated rings. The van der Waals surface area contributed by atoms with Crippen LogP contribution in [0.25, 0.3) is 5.57 Å². The van der Waals surface area contributed by atoms with Gasteiger partial charge in [-0.2, -0.15) is 0 Å². The number of allylic oxidation sites excluding steroid dienone is 11. The molecule has 3 rings (SSSR count). The Morgan fingerprint density at radius 1 is 1.02 bits per heavy atom. The number of benzene rings is 1. The van der Waals surface area contributed by atoms with E-state index in [9.17, 15) is 9.59 Å². The minimum atomic E-state index is -0.257. The predicted octanol–water partition coefficient (Wildman–Crippen LogP) is 8.09. The van der Waals surface area contributed by atoms with Crippen LogP contribution in [-0.2, 0) is 14.3 Å². The van der Waals surface area contributed by atoms with Crippen LogP contribution in [0.3, 0.4) is 0 Å². The maximum absolute atomic E-state index is 11.6. The van der Waals surface area contributed by atoms with Crippen LogP contribution in [0.1, 0.15) is 84.6 Å². The molecule has 1 aliphatic heterocycles. The Bertz CT molecular complexity index is 1210. The molecule has 0 unspecified atom stereocenters. The molecule has 0 radical (unpaired) electrons. The molecule has 0 bridgehead atoms. The van der Waals surface area contributed by atoms with Crippen LogP contribution in [-0.4, -0.2) is 42.5 Å². The number of rotatable bonds is 15. The van der Waals surface area contributed by atoms with Gasteiger partial charge < -0.3 is 15.0 Å². The third-order valence-corrected chi connectivity index (χ3v) is 7.92. The van der Waals surface area contributed by atoms with Gasteiger partial charge >= 0.3 is 5.97 Å². The van der Waals surface area contributed by atoms with Crippen LogP contribution in [0.15, 0.2) is 95.8 Å². The summed E-state index contributed by atoms with van der Waals surface area (Å²) in [5, 5.41) is 2.87. The number of nitrogens with one attached hydrogen (secondary N) is 1. The summed E-state index contributed by atoms with van der Waals surface area (Å²) in [6.07, 6.45) is 21.5. The summed E-state index contributed by atoms with van der Waals surface area (Å²) in [4.78, 5) is 25.7. The summed E-state index contributed by atoms with van der Waals surface area (Å²) in [6, 6.07) is 11.3. The zero-order chi connectivity index (χ0) is 30.3. The van der Waals surface area contributed by atoms with Gasteiger partial charge in [-0.15, -0.1) is 6.58 Å². The Morgan fingerprint density at radius 2 is 1.74 bits per heavy atom. The average Bonchev–Trinajstić information content (AvgIpc) is 3.82. The molecular formula is C37H50N2O3. The zero-order valence-corrected chi connectivity index (χ0v) is 26.2. The van der Waals surface area contributed by atoms with Crippen molar-refractivity contribution in [1.29, 1.82) is 0 Å². The summed E-state index contributed by atoms with van der Waals surface area (Å²) < 4.78 is 5.30. The van der Waals surface area contributed by atoms with Crippen LogP contribution >= 0.6 is 0 Å². The van der Waals surface area contributed by atoms with Gasteiger partial charge in [-0.3, -0.25) is 9.59 Å². The number of piperidine rings is 1. The third kappa shape index (κ3) is 11.4. The van der Waals surface area contributed by atoms with Crippen molar-refractivity contribution in [3.8, 4) is 0 Å². The van der Waals surface area contributed by atoms with Gasteiger partial charge in [0.2, 0.25) is 5.91 Å². The molecule has 0 aromatic heterocycles. The molecule has 42 heavy (non-hydrogen) atoms. The maximum atomic E-state index is 11.6. The van der Waals surface area contributed by atoms with Gasteiger partial charge in [-0.05, 0) is 118 Å². The standard InChI is InChI=1S/C37H50N2O3/c1-6-7-14-34(17-11-13-32-23-25-39(26-24-32)35-21-22-35)37(28(2)19-20-29(3)38-30(4)40)36(18-12-27-42-31(5)41)33-15-9-8-10-16-33/h6,8-11,14-17,19-20,32,35H,1,7,12-13,18,21-27H2,2-5H3,(H,38,40)/b17-11-,28-19-,29-20+,34-14+,37-36-. The Labute approximate surface area is 253 Å². The fourth-order valence-electron chi connectivity index (χ4n) is 5.66. The van der Waals surface area contributed by atoms with Crippen LogP contribution < -0.4 is 5.32 Å². The zero-order valence-electron chi connectivity index (χ0n) is 26.2. The molecule has 2 aliphatic rings. The highest BCUT2D eigenvalue weighted by Crippen LogP contribution is 2.35. The monoisotopic (exact) mass is 570 g/mol. The van der Waals surface area contributed by atoms with E-state index in [-0.39, 0.29) is 11.9 Å². The van der Waals surface area contributed by atoms with Gasteiger partial charge in [0.25, 0.3) is 0 Å². The van der Waals surface area contributed by atoms with Crippen molar-refractivity contribution in [2.45, 2.75) is 85.1 Å². The maximum Gasteiger partial charge on any atom is 0.302 e. The molecule has 0 spiro atoms. The highest BCUT2D eigenvalue weighted by atomic mass is 16.5. The van der Waals surface area contributed by atoms with E-state index in [0.717, 1.165) is 65.6 Å². The lowest BCUT2D eigenvalue weighted by atomic mass is 9.86. The minimum Gasteiger partial charge on any atom is -0.466 e. The summed E-state index contributed by atoms with van der Waals surface area (Å²) >= 11 is 0. The number of carbonyl (C=O) groups excluding carboxylic acids is 2. The number of amides is 1. The largest absolute Gasteiger partial charge is 0.466 e. The molecule has 5 nitrogen and oxygen atoms in total. The second kappa shape index (κ2) is 17.5. The Balaban J connectivity index is 1.99. The van der Waals surface area contributed by atoms with Gasteiger partial charge in [-0.1, -0.05) is 60.7 Å². The van der Waals surface area contributed by atoms with Crippen molar-refractivity contribution in [2.75, 3.05) is 19.7 Å². The topological polar surface area (TPSA) is 58.6 Å². The Kier molecular flexibility index (Phi) is 13.8. The lowest BCUT2D eigenvalue weighted by Gasteiger charge is -2.31. The third-order valence-electron chi connectivity index (χ3n) is 7.92. The minimum absolute atomic E-state index is 0.0847. The number of carbonyl (C=O) groups is 2. The molecule has 226 valence electrons. The Hall–Kier alpha value is -3.44. The van der Waals surface area contributed by atoms with E-state index in [1.54, 1.807) is 0 Å². The van der Waals surface area contributed by atoms with E-state index in [2.05, 4.69) is 72.3 Å². The molecule has 1 saturated heterocycles. The summed E-state index contributed by atoms with van der Waals surface area (Å²) in [5.41, 5.74) is 6.58. The van der Waals surface area contributed by atoms with E-state index >= 15 is 0 Å². The molecule has 1 saturated carbocycles. The average molecular weight is 571 g/mol. The van der Waals surface area contributed by atoms with Crippen LogP contribution in [0.4, 0.5) is 0 Å². The number of hydrogen-bond donors (Lipinski definition) is 1. The van der Waals surface area contributed by atoms with Crippen molar-refractivity contribution < 1.29 is 14.3 Å². The fraction of sp³-hybridized carbons (Fsp3) is 0.459. The number of ether oxygens (including phenoxy) is 1. The smallest absolute Gasteiger partial charge is 0.302 e. The second-order valence-corrected chi connectivity index (χ2v) is 11.6. The van der Waals surface area contributed by atoms with Crippen molar-refractivity contribution in [3.05, 3.63) is 101 Å². The van der Waals surface area contributed by atoms with Crippen LogP contribution in [0.5, 0.6) is 0 Å². The number of nitrogens with zero attached hydrogens (tertiary/aromatic N) is 1. The Morgan fingerprint density at radius 3 is 2.36 bits per heavy atom. The van der Waals surface area contributed by atoms with Gasteiger partial charge in [-0.25, -0.2) is 0 Å². The summed E-state index contributed by atoms with van der Waals surface area (Å²) in [7, 11) is 0. The van der Waals surface area contributed by atoms with E-state index in [0.29, 0.717) is 6.61 Å². The quantitative estimate of drug-likeness (QED) is 0.100. The van der Waals surface area contributed by atoms with Gasteiger partial charge in [0, 0.05) is 25.6 Å². The van der Waals surface area contributed by atoms with Crippen molar-refractivity contribution in [3.63, 3.8) is 0 Å². The van der Waals surface area contributed by atoms with E-state index in [1.165, 1.54) is 58.2 Å². The molecule has 5 heteroatoms. The van der Waals surface area contributed by atoms with Gasteiger partial charge in [0.1, 0.15) is 0 Å². The molecule has 1 amide bonds. The van der Waals surface area contributed by atoms with E-state index in [1.807, 2.05) is 25.1 Å². The first-order chi connectivity index (χ1) is 20.3. The van der Waals surface area contributed by atoms with Crippen LogP contribution in [0.2, 0.25) is 0 Å². The summed E-state index contributed by atoms with van der Waals surface area (Å²) in [6.45, 7) is 13.8. The summed E-state index contributed by atoms with van der Waals surface area (Å²) in [5.74, 6) is 0.382. The van der Waals surface area contributed by atoms with Crippen molar-refractivity contribution in [2.24, 2.45) is 5.92 Å². The number of hydrogen-bond acceptors (Lipinski definition) is 4. The van der Waals surface area contributed by atoms with E-state index < -0.39 is 0 Å². The second-order valence-electron chi connectivity index (χ2n) is 11.6. The highest BCUT2D eigenvalue weighted by Gasteiger charge is 2.31. The first-order valence-corrected chi connectivity index (χ1v) is 15.6. The lowest BCUT2D eigenvalue weighted by molar-refractivity contribution is -0.141. The predicted molar refractivity (Wildman–Crippen MR) is 175 cm³/mol. The molecule has 1 aromatic carbocycles. The SMILES string of the molecule is C=CC/C=C(\C=C/CC1CCN(C2CC2)CC1)C(/C(C)=C\C=C(/C)NC(C)=O)=C(/CCCOC(C)=O)c1ccccc1. The number of esters is 1. The molecular weight excluding hydrogens is 520 g/mol. The van der Waals surface area contributed by atoms with Crippen LogP contribution in [0, 0.1) is 5.92 Å². The van der Waals surface area contributed by atoms with E-state index in [4.69, 9.17) is 4.74 Å². The van der Waals surface area contributed by atoms with Gasteiger partial charge in [0.05, 0.1) is 6.61 Å². The lowest BCUT2D eigenvalue weighted by Crippen LogP contribution is -2.35.